The molecule has 9 nitrogen and oxygen atoms in total. The van der Waals surface area contributed by atoms with Crippen molar-refractivity contribution in [1.82, 2.24) is 25.5 Å². The molecule has 2 N–H and O–H groups in total. The molecule has 34 heavy (non-hydrogen) atoms. The number of carbonyl (C=O) groups excluding carboxylic acids is 1. The zero-order valence-electron chi connectivity index (χ0n) is 18.7. The van der Waals surface area contributed by atoms with Crippen molar-refractivity contribution in [1.29, 1.82) is 5.26 Å². The summed E-state index contributed by atoms with van der Waals surface area (Å²) in [4.78, 5) is 23.3. The third-order valence-corrected chi connectivity index (χ3v) is 6.13. The Labute approximate surface area is 202 Å². The van der Waals surface area contributed by atoms with Gasteiger partial charge in [0.15, 0.2) is 11.3 Å². The van der Waals surface area contributed by atoms with Crippen LogP contribution in [0.15, 0.2) is 22.8 Å². The zero-order valence-corrected chi connectivity index (χ0v) is 20.3. The fourth-order valence-electron chi connectivity index (χ4n) is 4.03. The Morgan fingerprint density at radius 1 is 1.29 bits per heavy atom. The molecule has 1 saturated heterocycles. The first-order valence-electron chi connectivity index (χ1n) is 10.5. The molecular weight excluding hydrogens is 512 g/mol. The maximum absolute atomic E-state index is 14.8. The third kappa shape index (κ3) is 4.65. The number of carbonyl (C=O) groups is 1. The molecular formula is C22H22BrF2N7O2. The highest BCUT2D eigenvalue weighted by molar-refractivity contribution is 9.10. The number of aromatic nitrogens is 4. The van der Waals surface area contributed by atoms with Gasteiger partial charge in [0.25, 0.3) is 0 Å². The van der Waals surface area contributed by atoms with Gasteiger partial charge in [-0.05, 0) is 55.6 Å². The number of hydrogen-bond acceptors (Lipinski definition) is 7. The number of anilines is 1. The molecule has 0 spiro atoms. The average molecular weight is 534 g/mol. The number of nitrogens with zero attached hydrogens (tertiary/aromatic N) is 5. The lowest BCUT2D eigenvalue weighted by Crippen LogP contribution is -2.54. The van der Waals surface area contributed by atoms with E-state index in [1.807, 2.05) is 4.90 Å². The third-order valence-electron chi connectivity index (χ3n) is 5.56. The number of benzene rings is 1. The normalized spacial score (nSPS) is 15.7. The molecule has 0 unspecified atom stereocenters. The molecule has 3 aromatic rings. The summed E-state index contributed by atoms with van der Waals surface area (Å²) >= 11 is 3.27. The second kappa shape index (κ2) is 8.79. The van der Waals surface area contributed by atoms with Crippen LogP contribution < -0.4 is 10.2 Å². The molecule has 0 saturated carbocycles. The van der Waals surface area contributed by atoms with E-state index in [4.69, 9.17) is 4.74 Å². The highest BCUT2D eigenvalue weighted by Crippen LogP contribution is 2.36. The highest BCUT2D eigenvalue weighted by atomic mass is 79.9. The van der Waals surface area contributed by atoms with Crippen LogP contribution in [0.4, 0.5) is 19.5 Å². The van der Waals surface area contributed by atoms with Gasteiger partial charge in [-0.3, -0.25) is 5.10 Å². The summed E-state index contributed by atoms with van der Waals surface area (Å²) < 4.78 is 34.3. The van der Waals surface area contributed by atoms with E-state index in [2.05, 4.69) is 47.5 Å². The van der Waals surface area contributed by atoms with Crippen LogP contribution in [0.2, 0.25) is 0 Å². The van der Waals surface area contributed by atoms with Gasteiger partial charge in [0.05, 0.1) is 10.9 Å². The van der Waals surface area contributed by atoms with Crippen LogP contribution in [0.3, 0.4) is 0 Å². The Bertz CT molecular complexity index is 1290. The van der Waals surface area contributed by atoms with E-state index in [1.165, 1.54) is 6.07 Å². The number of aromatic amines is 1. The van der Waals surface area contributed by atoms with Gasteiger partial charge >= 0.3 is 6.09 Å². The van der Waals surface area contributed by atoms with Gasteiger partial charge < -0.3 is 15.0 Å². The van der Waals surface area contributed by atoms with Crippen molar-refractivity contribution in [2.24, 2.45) is 0 Å². The van der Waals surface area contributed by atoms with Crippen LogP contribution in [0.5, 0.6) is 0 Å². The monoisotopic (exact) mass is 533 g/mol. The molecule has 0 aliphatic carbocycles. The smallest absolute Gasteiger partial charge is 0.408 e. The molecule has 1 fully saturated rings. The number of halogens is 3. The Kier molecular flexibility index (Phi) is 6.16. The highest BCUT2D eigenvalue weighted by Gasteiger charge is 2.41. The SMILES string of the molecule is CC(C)(C)OC(=O)NC1(c2ccc(F)cc2F)CCN(c2nc(C#N)c3c(Br)n[nH]c3n2)CC1. The molecule has 4 rings (SSSR count). The van der Waals surface area contributed by atoms with E-state index in [0.29, 0.717) is 34.7 Å². The van der Waals surface area contributed by atoms with Crippen molar-refractivity contribution in [2.75, 3.05) is 18.0 Å². The molecule has 0 bridgehead atoms. The summed E-state index contributed by atoms with van der Waals surface area (Å²) in [5.74, 6) is -1.15. The van der Waals surface area contributed by atoms with Gasteiger partial charge in [-0.1, -0.05) is 6.07 Å². The van der Waals surface area contributed by atoms with Crippen molar-refractivity contribution in [3.8, 4) is 6.07 Å². The van der Waals surface area contributed by atoms with Crippen LogP contribution in [0.25, 0.3) is 11.0 Å². The van der Waals surface area contributed by atoms with Crippen LogP contribution in [-0.2, 0) is 10.3 Å². The number of H-pyrrole nitrogens is 1. The number of hydrogen-bond donors (Lipinski definition) is 2. The summed E-state index contributed by atoms with van der Waals surface area (Å²) in [6, 6.07) is 5.36. The molecule has 0 radical (unpaired) electrons. The molecule has 0 atom stereocenters. The van der Waals surface area contributed by atoms with Crippen molar-refractivity contribution in [2.45, 2.75) is 44.8 Å². The first-order valence-corrected chi connectivity index (χ1v) is 11.3. The van der Waals surface area contributed by atoms with E-state index in [-0.39, 0.29) is 24.1 Å². The van der Waals surface area contributed by atoms with Gasteiger partial charge in [0.1, 0.15) is 27.9 Å². The molecule has 1 aromatic carbocycles. The Balaban J connectivity index is 1.65. The van der Waals surface area contributed by atoms with Gasteiger partial charge in [-0.2, -0.15) is 15.3 Å². The molecule has 1 aliphatic heterocycles. The number of amides is 1. The summed E-state index contributed by atoms with van der Waals surface area (Å²) in [7, 11) is 0. The predicted octanol–water partition coefficient (Wildman–Crippen LogP) is 4.29. The molecule has 2 aromatic heterocycles. The van der Waals surface area contributed by atoms with Gasteiger partial charge in [-0.25, -0.2) is 18.6 Å². The van der Waals surface area contributed by atoms with E-state index < -0.39 is 28.9 Å². The van der Waals surface area contributed by atoms with E-state index in [1.54, 1.807) is 20.8 Å². The van der Waals surface area contributed by atoms with Crippen molar-refractivity contribution < 1.29 is 18.3 Å². The Morgan fingerprint density at radius 3 is 2.62 bits per heavy atom. The van der Waals surface area contributed by atoms with E-state index >= 15 is 0 Å². The number of alkyl carbamates (subject to hydrolysis) is 1. The fraction of sp³-hybridized carbons (Fsp3) is 0.409. The number of rotatable bonds is 3. The van der Waals surface area contributed by atoms with Crippen LogP contribution in [0, 0.1) is 23.0 Å². The second-order valence-corrected chi connectivity index (χ2v) is 9.79. The summed E-state index contributed by atoms with van der Waals surface area (Å²) in [6.07, 6.45) is -0.161. The topological polar surface area (TPSA) is 120 Å². The maximum atomic E-state index is 14.8. The standard InChI is InChI=1S/C22H22BrF2N7O2/c1-21(2,3)34-20(33)29-22(13-5-4-12(24)10-14(13)25)6-8-32(9-7-22)19-27-15(11-26)16-17(23)30-31-18(16)28-19/h4-5,10H,6-9H2,1-3H3,(H,29,33)(H,27,28,30,31). The minimum atomic E-state index is -1.13. The number of nitrogens with one attached hydrogen (secondary N) is 2. The number of nitriles is 1. The summed E-state index contributed by atoms with van der Waals surface area (Å²) in [5.41, 5.74) is -1.14. The van der Waals surface area contributed by atoms with Crippen LogP contribution >= 0.6 is 15.9 Å². The number of fused-ring (bicyclic) bond motifs is 1. The lowest BCUT2D eigenvalue weighted by Gasteiger charge is -2.43. The van der Waals surface area contributed by atoms with Crippen molar-refractivity contribution in [3.05, 3.63) is 45.7 Å². The summed E-state index contributed by atoms with van der Waals surface area (Å²) in [6.45, 7) is 5.85. The quantitative estimate of drug-likeness (QED) is 0.515. The lowest BCUT2D eigenvalue weighted by atomic mass is 9.80. The van der Waals surface area contributed by atoms with E-state index in [9.17, 15) is 18.8 Å². The minimum absolute atomic E-state index is 0.161. The van der Waals surface area contributed by atoms with Crippen LogP contribution in [-0.4, -0.2) is 44.9 Å². The molecule has 1 aliphatic rings. The first-order chi connectivity index (χ1) is 16.0. The first kappa shape index (κ1) is 23.8. The second-order valence-electron chi connectivity index (χ2n) is 9.04. The molecule has 178 valence electrons. The van der Waals surface area contributed by atoms with Gasteiger partial charge in [-0.15, -0.1) is 0 Å². The van der Waals surface area contributed by atoms with Crippen molar-refractivity contribution >= 4 is 39.0 Å². The van der Waals surface area contributed by atoms with Crippen LogP contribution in [0.1, 0.15) is 44.9 Å². The minimum Gasteiger partial charge on any atom is -0.444 e. The summed E-state index contributed by atoms with van der Waals surface area (Å²) in [5, 5.41) is 19.6. The van der Waals surface area contributed by atoms with Crippen molar-refractivity contribution in [3.63, 3.8) is 0 Å². The largest absolute Gasteiger partial charge is 0.444 e. The molecule has 1 amide bonds. The maximum Gasteiger partial charge on any atom is 0.408 e. The molecule has 3 heterocycles. The predicted molar refractivity (Wildman–Crippen MR) is 123 cm³/mol. The average Bonchev–Trinajstić information content (AvgIpc) is 3.13. The number of ether oxygens (including phenoxy) is 1. The zero-order chi connectivity index (χ0) is 24.7. The fourth-order valence-corrected chi connectivity index (χ4v) is 4.50. The van der Waals surface area contributed by atoms with E-state index in [0.717, 1.165) is 12.1 Å². The van der Waals surface area contributed by atoms with Gasteiger partial charge in [0, 0.05) is 24.7 Å². The molecule has 12 heteroatoms. The van der Waals surface area contributed by atoms with Gasteiger partial charge in [0.2, 0.25) is 5.95 Å². The Morgan fingerprint density at radius 2 is 2.00 bits per heavy atom. The lowest BCUT2D eigenvalue weighted by molar-refractivity contribution is 0.0428. The Hall–Kier alpha value is -3.33. The number of piperidine rings is 1.